The molecule has 0 unspecified atom stereocenters. The maximum atomic E-state index is 12.2. The average molecular weight is 377 g/mol. The van der Waals surface area contributed by atoms with Gasteiger partial charge in [0.15, 0.2) is 0 Å². The van der Waals surface area contributed by atoms with Crippen molar-refractivity contribution < 1.29 is 13.2 Å². The second-order valence-electron chi connectivity index (χ2n) is 6.55. The van der Waals surface area contributed by atoms with Gasteiger partial charge in [0.05, 0.1) is 16.6 Å². The van der Waals surface area contributed by atoms with E-state index < -0.39 is 10.0 Å². The number of anilines is 1. The highest BCUT2D eigenvalue weighted by Crippen LogP contribution is 2.31. The molecule has 0 spiro atoms. The Morgan fingerprint density at radius 3 is 2.54 bits per heavy atom. The lowest BCUT2D eigenvalue weighted by molar-refractivity contribution is 0.251. The molecule has 1 heterocycles. The average Bonchev–Trinajstić information content (AvgIpc) is 3.22. The minimum Gasteiger partial charge on any atom is -0.334 e. The normalized spacial score (nSPS) is 15.2. The van der Waals surface area contributed by atoms with Crippen molar-refractivity contribution in [1.29, 1.82) is 0 Å². The topological polar surface area (TPSA) is 119 Å². The molecule has 140 valence electrons. The monoisotopic (exact) mass is 377 g/mol. The predicted octanol–water partition coefficient (Wildman–Crippen LogP) is 2.28. The van der Waals surface area contributed by atoms with E-state index in [1.807, 2.05) is 17.7 Å². The number of aryl methyl sites for hydroxylation is 1. The number of amides is 2. The summed E-state index contributed by atoms with van der Waals surface area (Å²) < 4.78 is 24.4. The Morgan fingerprint density at radius 2 is 1.92 bits per heavy atom. The van der Waals surface area contributed by atoms with E-state index in [0.29, 0.717) is 11.9 Å². The van der Waals surface area contributed by atoms with Gasteiger partial charge in [-0.1, -0.05) is 25.0 Å². The molecule has 1 aromatic heterocycles. The minimum atomic E-state index is -3.71. The lowest BCUT2D eigenvalue weighted by atomic mass is 10.2. The number of nitrogens with zero attached hydrogens (tertiary/aromatic N) is 2. The fourth-order valence-electron chi connectivity index (χ4n) is 3.18. The van der Waals surface area contributed by atoms with Crippen LogP contribution < -0.4 is 15.8 Å². The van der Waals surface area contributed by atoms with E-state index in [-0.39, 0.29) is 17.5 Å². The maximum Gasteiger partial charge on any atom is 0.320 e. The molecule has 0 atom stereocenters. The first-order chi connectivity index (χ1) is 12.3. The number of nitrogens with two attached hydrogens (primary N) is 1. The molecular weight excluding hydrogens is 354 g/mol. The number of hydrogen-bond donors (Lipinski definition) is 3. The van der Waals surface area contributed by atoms with Crippen LogP contribution in [-0.2, 0) is 16.6 Å². The molecule has 1 fully saturated rings. The molecule has 1 saturated carbocycles. The summed E-state index contributed by atoms with van der Waals surface area (Å²) in [5.41, 5.74) is 1.64. The zero-order valence-corrected chi connectivity index (χ0v) is 15.4. The van der Waals surface area contributed by atoms with Crippen molar-refractivity contribution in [2.24, 2.45) is 5.14 Å². The largest absolute Gasteiger partial charge is 0.334 e. The summed E-state index contributed by atoms with van der Waals surface area (Å²) in [7, 11) is -3.71. The molecule has 0 saturated heterocycles. The number of primary sulfonamides is 1. The van der Waals surface area contributed by atoms with E-state index in [1.54, 1.807) is 12.1 Å². The fourth-order valence-corrected chi connectivity index (χ4v) is 3.69. The van der Waals surface area contributed by atoms with Crippen LogP contribution in [0, 0.1) is 6.92 Å². The standard InChI is InChI=1S/C17H23N5O3S/c1-12-10-16(22(21-12)14-4-2-3-5-14)20-17(23)19-11-13-6-8-15(9-7-13)26(18,24)25/h6-10,14H,2-5,11H2,1H3,(H2,18,24,25)(H2,19,20,23). The number of benzene rings is 1. The highest BCUT2D eigenvalue weighted by Gasteiger charge is 2.21. The number of carbonyl (C=O) groups excluding carboxylic acids is 1. The number of rotatable bonds is 5. The van der Waals surface area contributed by atoms with Gasteiger partial charge in [-0.05, 0) is 37.5 Å². The first-order valence-electron chi connectivity index (χ1n) is 8.56. The third kappa shape index (κ3) is 4.41. The fraction of sp³-hybridized carbons (Fsp3) is 0.412. The highest BCUT2D eigenvalue weighted by atomic mass is 32.2. The van der Waals surface area contributed by atoms with Gasteiger partial charge < -0.3 is 5.32 Å². The van der Waals surface area contributed by atoms with Gasteiger partial charge in [-0.25, -0.2) is 23.0 Å². The first-order valence-corrected chi connectivity index (χ1v) is 10.1. The van der Waals surface area contributed by atoms with E-state index in [2.05, 4.69) is 15.7 Å². The van der Waals surface area contributed by atoms with Crippen LogP contribution in [0.15, 0.2) is 35.2 Å². The van der Waals surface area contributed by atoms with Gasteiger partial charge in [-0.3, -0.25) is 5.32 Å². The Morgan fingerprint density at radius 1 is 1.27 bits per heavy atom. The van der Waals surface area contributed by atoms with Gasteiger partial charge in [0.25, 0.3) is 0 Å². The molecule has 0 radical (unpaired) electrons. The SMILES string of the molecule is Cc1cc(NC(=O)NCc2ccc(S(N)(=O)=O)cc2)n(C2CCCC2)n1. The summed E-state index contributed by atoms with van der Waals surface area (Å²) in [5, 5.41) is 15.2. The molecule has 0 bridgehead atoms. The van der Waals surface area contributed by atoms with E-state index in [4.69, 9.17) is 5.14 Å². The Hall–Kier alpha value is -2.39. The van der Waals surface area contributed by atoms with Crippen LogP contribution in [0.25, 0.3) is 0 Å². The van der Waals surface area contributed by atoms with Crippen molar-refractivity contribution in [3.8, 4) is 0 Å². The first kappa shape index (κ1) is 18.4. The van der Waals surface area contributed by atoms with Crippen LogP contribution in [0.5, 0.6) is 0 Å². The van der Waals surface area contributed by atoms with Crippen molar-refractivity contribution in [2.45, 2.75) is 50.1 Å². The van der Waals surface area contributed by atoms with Gasteiger partial charge in [-0.2, -0.15) is 5.10 Å². The van der Waals surface area contributed by atoms with Crippen LogP contribution in [-0.4, -0.2) is 24.2 Å². The molecule has 4 N–H and O–H groups in total. The van der Waals surface area contributed by atoms with Crippen molar-refractivity contribution in [3.63, 3.8) is 0 Å². The highest BCUT2D eigenvalue weighted by molar-refractivity contribution is 7.89. The van der Waals surface area contributed by atoms with E-state index >= 15 is 0 Å². The number of nitrogens with one attached hydrogen (secondary N) is 2. The lowest BCUT2D eigenvalue weighted by Gasteiger charge is -2.15. The van der Waals surface area contributed by atoms with Crippen LogP contribution in [0.2, 0.25) is 0 Å². The lowest BCUT2D eigenvalue weighted by Crippen LogP contribution is -2.29. The summed E-state index contributed by atoms with van der Waals surface area (Å²) in [6.07, 6.45) is 4.52. The second-order valence-corrected chi connectivity index (χ2v) is 8.11. The smallest absolute Gasteiger partial charge is 0.320 e. The molecule has 1 aliphatic rings. The van der Waals surface area contributed by atoms with Gasteiger partial charge in [0.1, 0.15) is 5.82 Å². The predicted molar refractivity (Wildman–Crippen MR) is 98.1 cm³/mol. The molecule has 3 rings (SSSR count). The second kappa shape index (κ2) is 7.46. The number of hydrogen-bond acceptors (Lipinski definition) is 4. The number of aromatic nitrogens is 2. The van der Waals surface area contributed by atoms with Crippen LogP contribution in [0.1, 0.15) is 43.0 Å². The number of carbonyl (C=O) groups is 1. The number of sulfonamides is 1. The van der Waals surface area contributed by atoms with Gasteiger partial charge in [-0.15, -0.1) is 0 Å². The van der Waals surface area contributed by atoms with Gasteiger partial charge in [0.2, 0.25) is 10.0 Å². The Labute approximate surface area is 152 Å². The van der Waals surface area contributed by atoms with Crippen LogP contribution >= 0.6 is 0 Å². The Bertz CT molecular complexity index is 884. The molecule has 2 amide bonds. The molecule has 2 aromatic rings. The summed E-state index contributed by atoms with van der Waals surface area (Å²) in [6, 6.07) is 7.94. The van der Waals surface area contributed by atoms with Crippen molar-refractivity contribution >= 4 is 21.9 Å². The maximum absolute atomic E-state index is 12.2. The van der Waals surface area contributed by atoms with E-state index in [1.165, 1.54) is 25.0 Å². The quantitative estimate of drug-likeness (QED) is 0.740. The van der Waals surface area contributed by atoms with Gasteiger partial charge in [0, 0.05) is 12.6 Å². The molecule has 9 heteroatoms. The van der Waals surface area contributed by atoms with Gasteiger partial charge >= 0.3 is 6.03 Å². The van der Waals surface area contributed by atoms with Crippen LogP contribution in [0.3, 0.4) is 0 Å². The Balaban J connectivity index is 1.59. The summed E-state index contributed by atoms with van der Waals surface area (Å²) in [5.74, 6) is 0.691. The number of urea groups is 1. The molecule has 1 aliphatic carbocycles. The van der Waals surface area contributed by atoms with E-state index in [9.17, 15) is 13.2 Å². The molecule has 8 nitrogen and oxygen atoms in total. The van der Waals surface area contributed by atoms with Crippen molar-refractivity contribution in [3.05, 3.63) is 41.6 Å². The third-order valence-electron chi connectivity index (χ3n) is 4.48. The molecular formula is C17H23N5O3S. The minimum absolute atomic E-state index is 0.0432. The molecule has 26 heavy (non-hydrogen) atoms. The summed E-state index contributed by atoms with van der Waals surface area (Å²) in [4.78, 5) is 12.3. The zero-order chi connectivity index (χ0) is 18.7. The van der Waals surface area contributed by atoms with Crippen molar-refractivity contribution in [2.75, 3.05) is 5.32 Å². The van der Waals surface area contributed by atoms with E-state index in [0.717, 1.165) is 24.1 Å². The molecule has 1 aromatic carbocycles. The Kier molecular flexibility index (Phi) is 5.28. The molecule has 0 aliphatic heterocycles. The summed E-state index contributed by atoms with van der Waals surface area (Å²) in [6.45, 7) is 2.18. The third-order valence-corrected chi connectivity index (χ3v) is 5.40. The summed E-state index contributed by atoms with van der Waals surface area (Å²) >= 11 is 0. The van der Waals surface area contributed by atoms with Crippen LogP contribution in [0.4, 0.5) is 10.6 Å². The zero-order valence-electron chi connectivity index (χ0n) is 14.6. The van der Waals surface area contributed by atoms with Crippen molar-refractivity contribution in [1.82, 2.24) is 15.1 Å².